The fourth-order valence-electron chi connectivity index (χ4n) is 0.945. The Bertz CT molecular complexity index is 230. The molecular weight excluding hydrogens is 176 g/mol. The predicted octanol–water partition coefficient (Wildman–Crippen LogP) is 3.10. The molecule has 0 aromatic rings. The zero-order chi connectivity index (χ0) is 11.2. The molecule has 0 aromatic carbocycles. The van der Waals surface area contributed by atoms with Crippen LogP contribution in [0.1, 0.15) is 34.1 Å². The average molecular weight is 196 g/mol. The summed E-state index contributed by atoms with van der Waals surface area (Å²) in [6, 6.07) is 0. The maximum absolute atomic E-state index is 10.8. The molecule has 2 nitrogen and oxygen atoms in total. The van der Waals surface area contributed by atoms with Crippen molar-refractivity contribution in [2.75, 3.05) is 0 Å². The zero-order valence-electron chi connectivity index (χ0n) is 9.54. The van der Waals surface area contributed by atoms with Crippen LogP contribution in [0.5, 0.6) is 0 Å². The van der Waals surface area contributed by atoms with Gasteiger partial charge in [0.15, 0.2) is 0 Å². The summed E-state index contributed by atoms with van der Waals surface area (Å²) in [7, 11) is 0. The van der Waals surface area contributed by atoms with Gasteiger partial charge in [0.05, 0.1) is 0 Å². The van der Waals surface area contributed by atoms with Gasteiger partial charge in [-0.25, -0.2) is 0 Å². The van der Waals surface area contributed by atoms with E-state index in [1.807, 2.05) is 19.1 Å². The van der Waals surface area contributed by atoms with Crippen LogP contribution in [-0.4, -0.2) is 11.6 Å². The van der Waals surface area contributed by atoms with Gasteiger partial charge in [-0.15, -0.1) is 0 Å². The molecule has 2 heteroatoms. The quantitative estimate of drug-likeness (QED) is 0.499. The Balaban J connectivity index is 4.46. The van der Waals surface area contributed by atoms with Gasteiger partial charge in [-0.3, -0.25) is 4.79 Å². The van der Waals surface area contributed by atoms with Gasteiger partial charge in [0.1, 0.15) is 5.60 Å². The maximum Gasteiger partial charge on any atom is 0.303 e. The van der Waals surface area contributed by atoms with Gasteiger partial charge in [0.2, 0.25) is 0 Å². The molecule has 0 aliphatic heterocycles. The molecular formula is C12H20O2. The van der Waals surface area contributed by atoms with E-state index < -0.39 is 5.60 Å². The van der Waals surface area contributed by atoms with E-state index in [9.17, 15) is 4.79 Å². The van der Waals surface area contributed by atoms with Crippen LogP contribution in [0.15, 0.2) is 24.8 Å². The second-order valence-electron chi connectivity index (χ2n) is 3.73. The average Bonchev–Trinajstić information content (AvgIpc) is 2.13. The largest absolute Gasteiger partial charge is 0.451 e. The summed E-state index contributed by atoms with van der Waals surface area (Å²) in [6.07, 6.45) is 6.64. The van der Waals surface area contributed by atoms with Crippen molar-refractivity contribution in [2.24, 2.45) is 5.92 Å². The summed E-state index contributed by atoms with van der Waals surface area (Å²) >= 11 is 0. The van der Waals surface area contributed by atoms with Crippen LogP contribution >= 0.6 is 0 Å². The lowest BCUT2D eigenvalue weighted by atomic mass is 10.0. The van der Waals surface area contributed by atoms with Crippen molar-refractivity contribution in [3.63, 3.8) is 0 Å². The highest BCUT2D eigenvalue weighted by Crippen LogP contribution is 2.16. The highest BCUT2D eigenvalue weighted by Gasteiger charge is 2.19. The molecule has 0 saturated carbocycles. The van der Waals surface area contributed by atoms with Crippen LogP contribution in [0.3, 0.4) is 0 Å². The number of hydrogen-bond donors (Lipinski definition) is 0. The molecule has 80 valence electrons. The standard InChI is InChI=1S/C12H20O2/c1-6-10(3)8-9-12(5,7-2)14-11(4)13/h7-10H,2,6H2,1,3-5H3. The molecule has 0 radical (unpaired) electrons. The number of esters is 1. The highest BCUT2D eigenvalue weighted by molar-refractivity contribution is 5.67. The normalized spacial score (nSPS) is 17.4. The van der Waals surface area contributed by atoms with E-state index in [0.717, 1.165) is 6.42 Å². The van der Waals surface area contributed by atoms with Crippen LogP contribution in [-0.2, 0) is 9.53 Å². The van der Waals surface area contributed by atoms with E-state index in [4.69, 9.17) is 4.74 Å². The van der Waals surface area contributed by atoms with Gasteiger partial charge in [0.25, 0.3) is 0 Å². The smallest absolute Gasteiger partial charge is 0.303 e. The molecule has 0 heterocycles. The second kappa shape index (κ2) is 5.63. The van der Waals surface area contributed by atoms with E-state index in [1.54, 1.807) is 6.08 Å². The zero-order valence-corrected chi connectivity index (χ0v) is 9.54. The van der Waals surface area contributed by atoms with Gasteiger partial charge in [-0.2, -0.15) is 0 Å². The molecule has 0 aromatic heterocycles. The number of carbonyl (C=O) groups is 1. The number of allylic oxidation sites excluding steroid dienone is 1. The van der Waals surface area contributed by atoms with E-state index in [1.165, 1.54) is 6.92 Å². The van der Waals surface area contributed by atoms with Crippen molar-refractivity contribution in [2.45, 2.75) is 39.7 Å². The molecule has 0 amide bonds. The van der Waals surface area contributed by atoms with Crippen LogP contribution < -0.4 is 0 Å². The van der Waals surface area contributed by atoms with Gasteiger partial charge in [-0.1, -0.05) is 32.9 Å². The first-order valence-electron chi connectivity index (χ1n) is 4.96. The van der Waals surface area contributed by atoms with Crippen molar-refractivity contribution in [1.29, 1.82) is 0 Å². The van der Waals surface area contributed by atoms with Crippen molar-refractivity contribution in [1.82, 2.24) is 0 Å². The van der Waals surface area contributed by atoms with E-state index in [2.05, 4.69) is 20.4 Å². The van der Waals surface area contributed by atoms with Crippen molar-refractivity contribution >= 4 is 5.97 Å². The van der Waals surface area contributed by atoms with Crippen LogP contribution in [0.25, 0.3) is 0 Å². The Morgan fingerprint density at radius 2 is 2.21 bits per heavy atom. The summed E-state index contributed by atoms with van der Waals surface area (Å²) in [5.41, 5.74) is -0.671. The molecule has 14 heavy (non-hydrogen) atoms. The third-order valence-corrected chi connectivity index (χ3v) is 2.17. The first-order chi connectivity index (χ1) is 6.43. The number of rotatable bonds is 5. The summed E-state index contributed by atoms with van der Waals surface area (Å²) in [5, 5.41) is 0. The van der Waals surface area contributed by atoms with Gasteiger partial charge in [-0.05, 0) is 25.0 Å². The lowest BCUT2D eigenvalue weighted by Crippen LogP contribution is -2.25. The lowest BCUT2D eigenvalue weighted by Gasteiger charge is -2.21. The molecule has 0 bridgehead atoms. The molecule has 2 atom stereocenters. The fourth-order valence-corrected chi connectivity index (χ4v) is 0.945. The Hall–Kier alpha value is -1.05. The highest BCUT2D eigenvalue weighted by atomic mass is 16.6. The Labute approximate surface area is 86.6 Å². The minimum absolute atomic E-state index is 0.291. The molecule has 0 fully saturated rings. The molecule has 0 spiro atoms. The van der Waals surface area contributed by atoms with Crippen molar-refractivity contribution in [3.05, 3.63) is 24.8 Å². The first-order valence-corrected chi connectivity index (χ1v) is 4.96. The summed E-state index contributed by atoms with van der Waals surface area (Å²) in [4.78, 5) is 10.8. The second-order valence-corrected chi connectivity index (χ2v) is 3.73. The van der Waals surface area contributed by atoms with Gasteiger partial charge in [0, 0.05) is 6.92 Å². The Morgan fingerprint density at radius 1 is 1.64 bits per heavy atom. The van der Waals surface area contributed by atoms with Gasteiger partial charge >= 0.3 is 5.97 Å². The lowest BCUT2D eigenvalue weighted by molar-refractivity contribution is -0.147. The summed E-state index contributed by atoms with van der Waals surface area (Å²) in [6.45, 7) is 11.1. The van der Waals surface area contributed by atoms with Crippen LogP contribution in [0, 0.1) is 5.92 Å². The monoisotopic (exact) mass is 196 g/mol. The van der Waals surface area contributed by atoms with Crippen molar-refractivity contribution < 1.29 is 9.53 Å². The number of ether oxygens (including phenoxy) is 1. The Kier molecular flexibility index (Phi) is 5.21. The van der Waals surface area contributed by atoms with E-state index in [0.29, 0.717) is 5.92 Å². The topological polar surface area (TPSA) is 26.3 Å². The molecule has 0 saturated heterocycles. The number of hydrogen-bond acceptors (Lipinski definition) is 2. The third kappa shape index (κ3) is 4.85. The summed E-state index contributed by atoms with van der Waals surface area (Å²) < 4.78 is 5.14. The first kappa shape index (κ1) is 12.9. The van der Waals surface area contributed by atoms with Crippen LogP contribution in [0.4, 0.5) is 0 Å². The van der Waals surface area contributed by atoms with E-state index >= 15 is 0 Å². The summed E-state index contributed by atoms with van der Waals surface area (Å²) in [5.74, 6) is 0.200. The molecule has 0 N–H and O–H groups in total. The molecule has 0 aliphatic rings. The fraction of sp³-hybridized carbons (Fsp3) is 0.583. The van der Waals surface area contributed by atoms with Gasteiger partial charge < -0.3 is 4.74 Å². The minimum Gasteiger partial charge on any atom is -0.451 e. The predicted molar refractivity (Wildman–Crippen MR) is 59.0 cm³/mol. The van der Waals surface area contributed by atoms with Crippen molar-refractivity contribution in [3.8, 4) is 0 Å². The minimum atomic E-state index is -0.671. The third-order valence-electron chi connectivity index (χ3n) is 2.17. The van der Waals surface area contributed by atoms with Crippen LogP contribution in [0.2, 0.25) is 0 Å². The molecule has 2 unspecified atom stereocenters. The number of carbonyl (C=O) groups excluding carboxylic acids is 1. The van der Waals surface area contributed by atoms with E-state index in [-0.39, 0.29) is 5.97 Å². The molecule has 0 aliphatic carbocycles. The molecule has 0 rings (SSSR count). The Morgan fingerprint density at radius 3 is 2.57 bits per heavy atom. The SMILES string of the molecule is C=CC(C)(C=CC(C)CC)OC(C)=O. The maximum atomic E-state index is 10.8.